The Kier molecular flexibility index (Phi) is 5.06. The van der Waals surface area contributed by atoms with Crippen LogP contribution in [0, 0.1) is 0 Å². The molecule has 3 rings (SSSR count). The minimum absolute atomic E-state index is 0.0385. The van der Waals surface area contributed by atoms with Crippen LogP contribution in [0.1, 0.15) is 10.5 Å². The summed E-state index contributed by atoms with van der Waals surface area (Å²) < 4.78 is 13.1. The van der Waals surface area contributed by atoms with Crippen LogP contribution in [-0.4, -0.2) is 54.1 Å². The lowest BCUT2D eigenvalue weighted by atomic mass is 10.3. The molecule has 8 heteroatoms. The number of morpholine rings is 1. The van der Waals surface area contributed by atoms with Crippen molar-refractivity contribution < 1.29 is 18.7 Å². The average molecular weight is 396 g/mol. The highest BCUT2D eigenvalue weighted by Crippen LogP contribution is 2.27. The summed E-state index contributed by atoms with van der Waals surface area (Å²) in [6.45, 7) is 6.33. The number of aromatic nitrogens is 1. The number of nitrogens with zero attached hydrogens (tertiary/aromatic N) is 2. The van der Waals surface area contributed by atoms with Gasteiger partial charge >= 0.3 is 0 Å². The topological polar surface area (TPSA) is 76.7 Å². The molecular weight excluding hydrogens is 378 g/mol. The van der Waals surface area contributed by atoms with Crippen molar-refractivity contribution in [1.82, 2.24) is 14.8 Å². The molecule has 128 valence electrons. The summed E-state index contributed by atoms with van der Waals surface area (Å²) in [5.41, 5.74) is 1.84. The summed E-state index contributed by atoms with van der Waals surface area (Å²) in [7, 11) is 0. The van der Waals surface area contributed by atoms with Crippen LogP contribution in [0.15, 0.2) is 33.9 Å². The first-order valence-corrected chi connectivity index (χ1v) is 8.42. The molecular formula is C16H18BrN3O4. The smallest absolute Gasteiger partial charge is 0.268 e. The predicted octanol–water partition coefficient (Wildman–Crippen LogP) is 1.77. The SMILES string of the molecule is C=CCn1c(C(=O)NCC(=O)N2CCOCC2)cc2oc(Br)cc21. The second-order valence-corrected chi connectivity index (χ2v) is 6.19. The van der Waals surface area contributed by atoms with E-state index in [0.717, 1.165) is 5.52 Å². The molecule has 0 bridgehead atoms. The number of ether oxygens (including phenoxy) is 1. The molecule has 0 aromatic carbocycles. The summed E-state index contributed by atoms with van der Waals surface area (Å²) in [4.78, 5) is 26.3. The van der Waals surface area contributed by atoms with Crippen LogP contribution in [-0.2, 0) is 16.1 Å². The van der Waals surface area contributed by atoms with E-state index >= 15 is 0 Å². The van der Waals surface area contributed by atoms with Gasteiger partial charge < -0.3 is 23.9 Å². The molecule has 1 saturated heterocycles. The third-order valence-corrected chi connectivity index (χ3v) is 4.26. The van der Waals surface area contributed by atoms with Gasteiger partial charge in [0.25, 0.3) is 5.91 Å². The Bertz CT molecular complexity index is 774. The van der Waals surface area contributed by atoms with Crippen LogP contribution >= 0.6 is 15.9 Å². The van der Waals surface area contributed by atoms with Crippen molar-refractivity contribution in [2.45, 2.75) is 6.54 Å². The molecule has 2 amide bonds. The lowest BCUT2D eigenvalue weighted by Gasteiger charge is -2.26. The molecule has 3 heterocycles. The number of carbonyl (C=O) groups is 2. The van der Waals surface area contributed by atoms with Crippen LogP contribution in [0.25, 0.3) is 11.1 Å². The number of halogens is 1. The first-order valence-electron chi connectivity index (χ1n) is 7.63. The quantitative estimate of drug-likeness (QED) is 0.782. The molecule has 0 aliphatic carbocycles. The number of allylic oxidation sites excluding steroid dienone is 1. The van der Waals surface area contributed by atoms with Crippen molar-refractivity contribution >= 4 is 38.8 Å². The number of furan rings is 1. The van der Waals surface area contributed by atoms with Crippen molar-refractivity contribution in [2.75, 3.05) is 32.8 Å². The molecule has 1 fully saturated rings. The number of carbonyl (C=O) groups excluding carboxylic acids is 2. The van der Waals surface area contributed by atoms with Gasteiger partial charge in [-0.1, -0.05) is 6.08 Å². The van der Waals surface area contributed by atoms with Gasteiger partial charge in [-0.2, -0.15) is 0 Å². The molecule has 24 heavy (non-hydrogen) atoms. The predicted molar refractivity (Wildman–Crippen MR) is 91.8 cm³/mol. The van der Waals surface area contributed by atoms with Crippen LogP contribution in [0.2, 0.25) is 0 Å². The van der Waals surface area contributed by atoms with Crippen molar-refractivity contribution in [3.63, 3.8) is 0 Å². The highest BCUT2D eigenvalue weighted by atomic mass is 79.9. The van der Waals surface area contributed by atoms with E-state index in [1.807, 2.05) is 0 Å². The number of hydrogen-bond donors (Lipinski definition) is 1. The summed E-state index contributed by atoms with van der Waals surface area (Å²) in [6, 6.07) is 3.46. The third-order valence-electron chi connectivity index (χ3n) is 3.87. The minimum Gasteiger partial charge on any atom is -0.448 e. The molecule has 1 aliphatic heterocycles. The molecule has 1 N–H and O–H groups in total. The minimum atomic E-state index is -0.319. The van der Waals surface area contributed by atoms with Gasteiger partial charge in [-0.25, -0.2) is 0 Å². The Morgan fingerprint density at radius 3 is 2.79 bits per heavy atom. The van der Waals surface area contributed by atoms with Gasteiger partial charge in [-0.3, -0.25) is 9.59 Å². The van der Waals surface area contributed by atoms with E-state index in [2.05, 4.69) is 27.8 Å². The molecule has 1 aliphatic rings. The lowest BCUT2D eigenvalue weighted by Crippen LogP contribution is -2.45. The summed E-state index contributed by atoms with van der Waals surface area (Å²) in [5.74, 6) is -0.430. The molecule has 0 saturated carbocycles. The summed E-state index contributed by atoms with van der Waals surface area (Å²) in [6.07, 6.45) is 1.70. The number of nitrogens with one attached hydrogen (secondary N) is 1. The number of amides is 2. The van der Waals surface area contributed by atoms with E-state index < -0.39 is 0 Å². The summed E-state index contributed by atoms with van der Waals surface area (Å²) in [5, 5.41) is 2.68. The van der Waals surface area contributed by atoms with Crippen molar-refractivity contribution in [2.24, 2.45) is 0 Å². The second-order valence-electron chi connectivity index (χ2n) is 5.40. The molecule has 7 nitrogen and oxygen atoms in total. The average Bonchev–Trinajstić information content (AvgIpc) is 3.10. The van der Waals surface area contributed by atoms with Crippen LogP contribution < -0.4 is 5.32 Å². The van der Waals surface area contributed by atoms with Gasteiger partial charge in [0.15, 0.2) is 10.3 Å². The highest BCUT2D eigenvalue weighted by Gasteiger charge is 2.21. The normalized spacial score (nSPS) is 14.8. The maximum atomic E-state index is 12.5. The zero-order valence-electron chi connectivity index (χ0n) is 13.1. The monoisotopic (exact) mass is 395 g/mol. The second kappa shape index (κ2) is 7.23. The molecule has 0 radical (unpaired) electrons. The van der Waals surface area contributed by atoms with Crippen LogP contribution in [0.5, 0.6) is 0 Å². The molecule has 0 spiro atoms. The number of hydrogen-bond acceptors (Lipinski definition) is 4. The van der Waals surface area contributed by atoms with E-state index in [0.29, 0.717) is 48.8 Å². The van der Waals surface area contributed by atoms with E-state index in [9.17, 15) is 9.59 Å². The maximum absolute atomic E-state index is 12.5. The van der Waals surface area contributed by atoms with E-state index in [1.165, 1.54) is 0 Å². The maximum Gasteiger partial charge on any atom is 0.268 e. The van der Waals surface area contributed by atoms with Gasteiger partial charge in [0.1, 0.15) is 5.69 Å². The Labute approximate surface area is 147 Å². The molecule has 2 aromatic rings. The van der Waals surface area contributed by atoms with Gasteiger partial charge in [0.2, 0.25) is 5.91 Å². The Morgan fingerprint density at radius 1 is 1.33 bits per heavy atom. The summed E-state index contributed by atoms with van der Waals surface area (Å²) >= 11 is 3.28. The Morgan fingerprint density at radius 2 is 2.08 bits per heavy atom. The van der Waals surface area contributed by atoms with Crippen molar-refractivity contribution in [1.29, 1.82) is 0 Å². The molecule has 2 aromatic heterocycles. The van der Waals surface area contributed by atoms with E-state index in [-0.39, 0.29) is 18.4 Å². The Balaban J connectivity index is 1.71. The molecule has 0 atom stereocenters. The first kappa shape index (κ1) is 16.8. The van der Waals surface area contributed by atoms with Gasteiger partial charge in [-0.15, -0.1) is 6.58 Å². The number of rotatable bonds is 5. The standard InChI is InChI=1S/C16H18BrN3O4/c1-2-3-20-11-9-14(17)24-13(11)8-12(20)16(22)18-10-15(21)19-4-6-23-7-5-19/h2,8-9H,1,3-7,10H2,(H,18,22). The van der Waals surface area contributed by atoms with Gasteiger partial charge in [-0.05, 0) is 15.9 Å². The lowest BCUT2D eigenvalue weighted by molar-refractivity contribution is -0.134. The fraction of sp³-hybridized carbons (Fsp3) is 0.375. The van der Waals surface area contributed by atoms with Crippen molar-refractivity contribution in [3.8, 4) is 0 Å². The van der Waals surface area contributed by atoms with E-state index in [1.54, 1.807) is 27.7 Å². The number of fused-ring (bicyclic) bond motifs is 1. The fourth-order valence-electron chi connectivity index (χ4n) is 2.70. The van der Waals surface area contributed by atoms with Crippen LogP contribution in [0.4, 0.5) is 0 Å². The highest BCUT2D eigenvalue weighted by molar-refractivity contribution is 9.10. The Hall–Kier alpha value is -2.06. The fourth-order valence-corrected chi connectivity index (χ4v) is 3.09. The van der Waals surface area contributed by atoms with Crippen molar-refractivity contribution in [3.05, 3.63) is 35.2 Å². The largest absolute Gasteiger partial charge is 0.448 e. The van der Waals surface area contributed by atoms with Gasteiger partial charge in [0.05, 0.1) is 25.3 Å². The molecule has 0 unspecified atom stereocenters. The zero-order valence-corrected chi connectivity index (χ0v) is 14.7. The van der Waals surface area contributed by atoms with E-state index in [4.69, 9.17) is 9.15 Å². The van der Waals surface area contributed by atoms with Crippen LogP contribution in [0.3, 0.4) is 0 Å². The zero-order chi connectivity index (χ0) is 17.1. The van der Waals surface area contributed by atoms with Gasteiger partial charge in [0, 0.05) is 31.8 Å². The first-order chi connectivity index (χ1) is 11.6. The third kappa shape index (κ3) is 3.39.